The van der Waals surface area contributed by atoms with Gasteiger partial charge in [-0.3, -0.25) is 14.8 Å². The molecule has 88 valence electrons. The molecular weight excluding hydrogens is 224 g/mol. The highest BCUT2D eigenvalue weighted by atomic mass is 32.2. The van der Waals surface area contributed by atoms with Crippen LogP contribution in [-0.2, 0) is 0 Å². The van der Waals surface area contributed by atoms with Gasteiger partial charge in [-0.15, -0.1) is 0 Å². The van der Waals surface area contributed by atoms with E-state index in [-0.39, 0.29) is 16.1 Å². The van der Waals surface area contributed by atoms with Gasteiger partial charge >= 0.3 is 0 Å². The van der Waals surface area contributed by atoms with Crippen molar-refractivity contribution in [3.63, 3.8) is 0 Å². The van der Waals surface area contributed by atoms with Gasteiger partial charge in [0.2, 0.25) is 0 Å². The van der Waals surface area contributed by atoms with Crippen molar-refractivity contribution >= 4 is 17.6 Å². The molecule has 0 bridgehead atoms. The van der Waals surface area contributed by atoms with Crippen LogP contribution in [0, 0.1) is 17.0 Å². The molecule has 0 atom stereocenters. The van der Waals surface area contributed by atoms with E-state index < -0.39 is 0 Å². The molecule has 5 heteroatoms. The Morgan fingerprint density at radius 3 is 2.50 bits per heavy atom. The van der Waals surface area contributed by atoms with Crippen LogP contribution in [0.3, 0.4) is 0 Å². The summed E-state index contributed by atoms with van der Waals surface area (Å²) in [6.45, 7) is 7.87. The van der Waals surface area contributed by atoms with Crippen LogP contribution >= 0.6 is 11.9 Å². The summed E-state index contributed by atoms with van der Waals surface area (Å²) in [5.74, 6) is 0. The van der Waals surface area contributed by atoms with E-state index in [0.29, 0.717) is 5.56 Å². The van der Waals surface area contributed by atoms with Crippen LogP contribution in [0.4, 0.5) is 5.69 Å². The molecule has 0 spiro atoms. The summed E-state index contributed by atoms with van der Waals surface area (Å²) in [4.78, 5) is 11.3. The Labute approximate surface area is 99.7 Å². The summed E-state index contributed by atoms with van der Waals surface area (Å²) in [6.07, 6.45) is 0. The van der Waals surface area contributed by atoms with Crippen molar-refractivity contribution in [2.75, 3.05) is 0 Å². The van der Waals surface area contributed by atoms with E-state index in [9.17, 15) is 10.1 Å². The Morgan fingerprint density at radius 1 is 1.38 bits per heavy atom. The first-order valence-corrected chi connectivity index (χ1v) is 5.80. The average Bonchev–Trinajstić information content (AvgIpc) is 2.14. The summed E-state index contributed by atoms with van der Waals surface area (Å²) in [6, 6.07) is 5.25. The van der Waals surface area contributed by atoms with Gasteiger partial charge < -0.3 is 0 Å². The van der Waals surface area contributed by atoms with E-state index in [0.717, 1.165) is 4.90 Å². The number of nitro groups is 1. The highest BCUT2D eigenvalue weighted by Crippen LogP contribution is 2.25. The van der Waals surface area contributed by atoms with Gasteiger partial charge in [0, 0.05) is 22.1 Å². The summed E-state index contributed by atoms with van der Waals surface area (Å²) in [5, 5.41) is 10.8. The molecule has 0 radical (unpaired) electrons. The molecule has 0 aliphatic heterocycles. The van der Waals surface area contributed by atoms with Crippen LogP contribution in [-0.4, -0.2) is 10.5 Å². The monoisotopic (exact) mass is 240 g/mol. The third-order valence-corrected chi connectivity index (χ3v) is 3.06. The van der Waals surface area contributed by atoms with Crippen molar-refractivity contribution < 1.29 is 4.92 Å². The largest absolute Gasteiger partial charge is 0.273 e. The number of rotatable bonds is 3. The van der Waals surface area contributed by atoms with Crippen molar-refractivity contribution in [3.8, 4) is 0 Å². The highest BCUT2D eigenvalue weighted by molar-refractivity contribution is 7.97. The van der Waals surface area contributed by atoms with Gasteiger partial charge in [-0.1, -0.05) is 6.07 Å². The first-order chi connectivity index (χ1) is 7.29. The lowest BCUT2D eigenvalue weighted by Gasteiger charge is -2.19. The quantitative estimate of drug-likeness (QED) is 0.500. The van der Waals surface area contributed by atoms with Crippen LogP contribution in [0.5, 0.6) is 0 Å². The number of nitro benzene ring substituents is 1. The van der Waals surface area contributed by atoms with Gasteiger partial charge in [0.15, 0.2) is 0 Å². The van der Waals surface area contributed by atoms with E-state index in [4.69, 9.17) is 0 Å². The van der Waals surface area contributed by atoms with E-state index in [1.807, 2.05) is 26.8 Å². The number of benzene rings is 1. The summed E-state index contributed by atoms with van der Waals surface area (Å²) < 4.78 is 3.22. The molecule has 4 nitrogen and oxygen atoms in total. The summed E-state index contributed by atoms with van der Waals surface area (Å²) >= 11 is 1.41. The van der Waals surface area contributed by atoms with E-state index in [1.54, 1.807) is 19.1 Å². The molecule has 0 aliphatic rings. The lowest BCUT2D eigenvalue weighted by molar-refractivity contribution is -0.385. The number of hydrogen-bond acceptors (Lipinski definition) is 4. The normalized spacial score (nSPS) is 11.5. The number of nitrogens with zero attached hydrogens (tertiary/aromatic N) is 1. The third kappa shape index (κ3) is 3.83. The number of aryl methyl sites for hydroxylation is 1. The second kappa shape index (κ2) is 4.84. The van der Waals surface area contributed by atoms with Gasteiger partial charge in [-0.25, -0.2) is 0 Å². The van der Waals surface area contributed by atoms with E-state index in [1.165, 1.54) is 11.9 Å². The maximum Gasteiger partial charge on any atom is 0.273 e. The standard InChI is InChI=1S/C11H16N2O2S/c1-8-5-6-9(7-10(8)13(14)15)16-12-11(2,3)4/h5-7,12H,1-4H3. The predicted molar refractivity (Wildman–Crippen MR) is 66.6 cm³/mol. The van der Waals surface area contributed by atoms with Crippen LogP contribution in [0.1, 0.15) is 26.3 Å². The molecule has 1 aromatic carbocycles. The Hall–Kier alpha value is -1.07. The van der Waals surface area contributed by atoms with Gasteiger partial charge in [0.1, 0.15) is 0 Å². The predicted octanol–water partition coefficient (Wildman–Crippen LogP) is 3.30. The molecule has 0 amide bonds. The Kier molecular flexibility index (Phi) is 3.93. The van der Waals surface area contributed by atoms with Crippen LogP contribution < -0.4 is 4.72 Å². The fraction of sp³-hybridized carbons (Fsp3) is 0.455. The molecule has 0 saturated heterocycles. The smallest absolute Gasteiger partial charge is 0.258 e. The molecule has 0 saturated carbocycles. The zero-order valence-electron chi connectivity index (χ0n) is 9.90. The maximum atomic E-state index is 10.8. The Bertz CT molecular complexity index is 399. The molecular formula is C11H16N2O2S. The van der Waals surface area contributed by atoms with Crippen LogP contribution in [0.25, 0.3) is 0 Å². The highest BCUT2D eigenvalue weighted by Gasteiger charge is 2.13. The van der Waals surface area contributed by atoms with Gasteiger partial charge in [0.25, 0.3) is 5.69 Å². The number of hydrogen-bond donors (Lipinski definition) is 1. The van der Waals surface area contributed by atoms with Gasteiger partial charge in [-0.05, 0) is 45.7 Å². The first kappa shape index (κ1) is 13.0. The molecule has 0 unspecified atom stereocenters. The second-order valence-corrected chi connectivity index (χ2v) is 5.54. The topological polar surface area (TPSA) is 55.2 Å². The van der Waals surface area contributed by atoms with Crippen molar-refractivity contribution in [2.45, 2.75) is 38.1 Å². The molecule has 16 heavy (non-hydrogen) atoms. The minimum atomic E-state index is -0.351. The molecule has 1 aromatic rings. The first-order valence-electron chi connectivity index (χ1n) is 4.99. The molecule has 0 heterocycles. The van der Waals surface area contributed by atoms with E-state index in [2.05, 4.69) is 4.72 Å². The second-order valence-electron chi connectivity index (χ2n) is 4.66. The van der Waals surface area contributed by atoms with Crippen molar-refractivity contribution in [1.82, 2.24) is 4.72 Å². The van der Waals surface area contributed by atoms with E-state index >= 15 is 0 Å². The minimum absolute atomic E-state index is 0.0235. The number of nitrogens with one attached hydrogen (secondary N) is 1. The third-order valence-electron chi connectivity index (χ3n) is 1.85. The Morgan fingerprint density at radius 2 is 2.00 bits per heavy atom. The lowest BCUT2D eigenvalue weighted by Crippen LogP contribution is -2.29. The van der Waals surface area contributed by atoms with Crippen molar-refractivity contribution in [2.24, 2.45) is 0 Å². The molecule has 0 aromatic heterocycles. The van der Waals surface area contributed by atoms with Gasteiger partial charge in [0.05, 0.1) is 4.92 Å². The molecule has 0 aliphatic carbocycles. The fourth-order valence-electron chi connectivity index (χ4n) is 1.06. The zero-order valence-corrected chi connectivity index (χ0v) is 10.7. The molecule has 1 N–H and O–H groups in total. The minimum Gasteiger partial charge on any atom is -0.258 e. The fourth-order valence-corrected chi connectivity index (χ4v) is 1.79. The molecule has 1 rings (SSSR count). The van der Waals surface area contributed by atoms with Crippen molar-refractivity contribution in [1.29, 1.82) is 0 Å². The average molecular weight is 240 g/mol. The SMILES string of the molecule is Cc1ccc(SNC(C)(C)C)cc1[N+](=O)[O-]. The lowest BCUT2D eigenvalue weighted by atomic mass is 10.1. The van der Waals surface area contributed by atoms with Gasteiger partial charge in [-0.2, -0.15) is 0 Å². The molecule has 0 fully saturated rings. The summed E-state index contributed by atoms with van der Waals surface area (Å²) in [7, 11) is 0. The zero-order chi connectivity index (χ0) is 12.3. The van der Waals surface area contributed by atoms with Crippen molar-refractivity contribution in [3.05, 3.63) is 33.9 Å². The summed E-state index contributed by atoms with van der Waals surface area (Å²) in [5.41, 5.74) is 0.829. The van der Waals surface area contributed by atoms with Crippen LogP contribution in [0.15, 0.2) is 23.1 Å². The maximum absolute atomic E-state index is 10.8. The Balaban J connectivity index is 2.83. The van der Waals surface area contributed by atoms with Crippen LogP contribution in [0.2, 0.25) is 0 Å².